The van der Waals surface area contributed by atoms with Crippen molar-refractivity contribution in [2.24, 2.45) is 0 Å². The summed E-state index contributed by atoms with van der Waals surface area (Å²) < 4.78 is 40.1. The molecular formula is C26H26O16. The smallest absolute Gasteiger partial charge is 0.390 e. The fourth-order valence-electron chi connectivity index (χ4n) is 2.74. The van der Waals surface area contributed by atoms with Crippen LogP contribution in [0, 0.1) is 0 Å². The van der Waals surface area contributed by atoms with E-state index < -0.39 is 63.0 Å². The molecule has 0 amide bonds. The number of carbonyl (C=O) groups is 6. The highest BCUT2D eigenvalue weighted by Gasteiger charge is 2.25. The largest absolute Gasteiger partial charge is 0.453 e. The molecule has 2 aromatic carbocycles. The lowest BCUT2D eigenvalue weighted by Crippen LogP contribution is -2.17. The molecule has 0 bridgehead atoms. The van der Waals surface area contributed by atoms with E-state index in [-0.39, 0.29) is 34.1 Å². The maximum Gasteiger partial charge on any atom is 0.390 e. The molecule has 42 heavy (non-hydrogen) atoms. The molecule has 16 nitrogen and oxygen atoms in total. The quantitative estimate of drug-likeness (QED) is 0.101. The Kier molecular flexibility index (Phi) is 12.9. The molecule has 0 aromatic heterocycles. The lowest BCUT2D eigenvalue weighted by Gasteiger charge is -2.16. The Bertz CT molecular complexity index is 1200. The van der Waals surface area contributed by atoms with Crippen LogP contribution in [0.3, 0.4) is 0 Å². The van der Waals surface area contributed by atoms with Gasteiger partial charge in [-0.2, -0.15) is 0 Å². The molecule has 0 spiro atoms. The lowest BCUT2D eigenvalue weighted by molar-refractivity contribution is -0.188. The first-order valence-corrected chi connectivity index (χ1v) is 11.7. The van der Waals surface area contributed by atoms with E-state index in [1.54, 1.807) is 0 Å². The van der Waals surface area contributed by atoms with Crippen molar-refractivity contribution in [3.63, 3.8) is 0 Å². The first-order valence-electron chi connectivity index (χ1n) is 11.7. The van der Waals surface area contributed by atoms with Gasteiger partial charge in [-0.1, -0.05) is 12.1 Å². The average molecular weight is 594 g/mol. The van der Waals surface area contributed by atoms with Crippen molar-refractivity contribution >= 4 is 35.8 Å². The second-order valence-corrected chi connectivity index (χ2v) is 7.60. The molecule has 2 rings (SSSR count). The summed E-state index contributed by atoms with van der Waals surface area (Å²) in [4.78, 5) is 79.4. The van der Waals surface area contributed by atoms with Gasteiger partial charge in [0.05, 0.1) is 0 Å². The maximum absolute atomic E-state index is 12.8. The Morgan fingerprint density at radius 2 is 0.786 bits per heavy atom. The molecule has 0 fully saturated rings. The number of carbonyl (C=O) groups excluding carboxylic acids is 6. The van der Waals surface area contributed by atoms with Gasteiger partial charge < -0.3 is 37.9 Å². The van der Waals surface area contributed by atoms with Crippen LogP contribution in [0.15, 0.2) is 36.4 Å². The van der Waals surface area contributed by atoms with Gasteiger partial charge in [0, 0.05) is 27.7 Å². The molecule has 0 N–H and O–H groups in total. The van der Waals surface area contributed by atoms with Crippen molar-refractivity contribution in [1.82, 2.24) is 0 Å². The number of rotatable bonds is 14. The van der Waals surface area contributed by atoms with Gasteiger partial charge in [-0.15, -0.1) is 0 Å². The zero-order chi connectivity index (χ0) is 31.1. The zero-order valence-electron chi connectivity index (χ0n) is 22.8. The van der Waals surface area contributed by atoms with Gasteiger partial charge in [-0.3, -0.25) is 19.2 Å². The topological polar surface area (TPSA) is 195 Å². The van der Waals surface area contributed by atoms with E-state index in [9.17, 15) is 28.8 Å². The minimum absolute atomic E-state index is 0.108. The normalized spacial score (nSPS) is 9.90. The molecule has 0 aliphatic heterocycles. The van der Waals surface area contributed by atoms with E-state index in [0.29, 0.717) is 0 Å². The van der Waals surface area contributed by atoms with Crippen LogP contribution in [0.1, 0.15) is 48.4 Å². The van der Waals surface area contributed by atoms with Crippen molar-refractivity contribution in [2.45, 2.75) is 27.7 Å². The first kappa shape index (κ1) is 32.7. The molecule has 0 saturated heterocycles. The number of hydrogen-bond acceptors (Lipinski definition) is 16. The molecule has 2 aromatic rings. The van der Waals surface area contributed by atoms with Crippen molar-refractivity contribution in [3.8, 4) is 23.0 Å². The van der Waals surface area contributed by atoms with E-state index in [1.807, 2.05) is 0 Å². The molecule has 0 heterocycles. The number of hydrogen-bond donors (Lipinski definition) is 0. The number of esters is 4. The summed E-state index contributed by atoms with van der Waals surface area (Å²) in [5, 5.41) is 0. The van der Waals surface area contributed by atoms with E-state index in [0.717, 1.165) is 27.7 Å². The van der Waals surface area contributed by atoms with Crippen LogP contribution in [0.25, 0.3) is 0 Å². The van der Waals surface area contributed by atoms with Crippen LogP contribution < -0.4 is 18.9 Å². The molecule has 0 atom stereocenters. The summed E-state index contributed by atoms with van der Waals surface area (Å²) in [6, 6.07) is 7.84. The minimum atomic E-state index is -1.25. The molecule has 226 valence electrons. The number of ether oxygens (including phenoxy) is 8. The third-order valence-electron chi connectivity index (χ3n) is 4.47. The SMILES string of the molecule is CC(=O)OCOc1cccc(C(=O)OOC(=O)c2cccc(OCOC(C)=O)c2OCOC(C)=O)c1OCOC(C)=O. The van der Waals surface area contributed by atoms with Crippen LogP contribution in [-0.2, 0) is 47.9 Å². The molecule has 0 radical (unpaired) electrons. The summed E-state index contributed by atoms with van der Waals surface area (Å²) in [5.41, 5.74) is -0.667. The lowest BCUT2D eigenvalue weighted by atomic mass is 10.2. The molecule has 0 aliphatic rings. The predicted molar refractivity (Wildman–Crippen MR) is 133 cm³/mol. The third-order valence-corrected chi connectivity index (χ3v) is 4.47. The van der Waals surface area contributed by atoms with E-state index in [2.05, 4.69) is 0 Å². The average Bonchev–Trinajstić information content (AvgIpc) is 2.92. The fraction of sp³-hybridized carbons (Fsp3) is 0.308. The van der Waals surface area contributed by atoms with Crippen LogP contribution >= 0.6 is 0 Å². The molecule has 16 heteroatoms. The summed E-state index contributed by atoms with van der Waals surface area (Å²) in [6.07, 6.45) is 0. The van der Waals surface area contributed by atoms with Crippen molar-refractivity contribution < 1.29 is 76.4 Å². The van der Waals surface area contributed by atoms with E-state index in [4.69, 9.17) is 47.7 Å². The van der Waals surface area contributed by atoms with Crippen LogP contribution in [0.4, 0.5) is 0 Å². The molecule has 0 saturated carbocycles. The molecule has 0 unspecified atom stereocenters. The first-order chi connectivity index (χ1) is 20.0. The van der Waals surface area contributed by atoms with Gasteiger partial charge in [0.2, 0.25) is 27.2 Å². The highest BCUT2D eigenvalue weighted by atomic mass is 17.2. The van der Waals surface area contributed by atoms with E-state index >= 15 is 0 Å². The Hall–Kier alpha value is -5.54. The second kappa shape index (κ2) is 16.5. The minimum Gasteiger partial charge on any atom is -0.453 e. The fourth-order valence-corrected chi connectivity index (χ4v) is 2.74. The van der Waals surface area contributed by atoms with Gasteiger partial charge in [0.15, 0.2) is 23.0 Å². The predicted octanol–water partition coefficient (Wildman–Crippen LogP) is 2.21. The summed E-state index contributed by atoms with van der Waals surface area (Å²) >= 11 is 0. The van der Waals surface area contributed by atoms with Gasteiger partial charge in [0.1, 0.15) is 11.1 Å². The summed E-state index contributed by atoms with van der Waals surface area (Å²) in [5.74, 6) is -5.95. The van der Waals surface area contributed by atoms with Crippen molar-refractivity contribution in [2.75, 3.05) is 27.2 Å². The Morgan fingerprint density at radius 1 is 0.476 bits per heavy atom. The highest BCUT2D eigenvalue weighted by Crippen LogP contribution is 2.34. The maximum atomic E-state index is 12.8. The van der Waals surface area contributed by atoms with Gasteiger partial charge >= 0.3 is 35.8 Å². The molecule has 0 aliphatic carbocycles. The Morgan fingerprint density at radius 3 is 1.10 bits per heavy atom. The van der Waals surface area contributed by atoms with Gasteiger partial charge in [0.25, 0.3) is 0 Å². The molecular weight excluding hydrogens is 568 g/mol. The van der Waals surface area contributed by atoms with Crippen molar-refractivity contribution in [1.29, 1.82) is 0 Å². The van der Waals surface area contributed by atoms with Crippen molar-refractivity contribution in [3.05, 3.63) is 47.5 Å². The number of para-hydroxylation sites is 2. The third kappa shape index (κ3) is 10.9. The summed E-state index contributed by atoms with van der Waals surface area (Å²) in [6.45, 7) is 2.20. The number of benzene rings is 2. The van der Waals surface area contributed by atoms with Gasteiger partial charge in [-0.05, 0) is 24.3 Å². The summed E-state index contributed by atoms with van der Waals surface area (Å²) in [7, 11) is 0. The van der Waals surface area contributed by atoms with Gasteiger partial charge in [-0.25, -0.2) is 19.4 Å². The van der Waals surface area contributed by atoms with Crippen LogP contribution in [0.5, 0.6) is 23.0 Å². The zero-order valence-corrected chi connectivity index (χ0v) is 22.8. The monoisotopic (exact) mass is 594 g/mol. The Labute approximate surface area is 238 Å². The van der Waals surface area contributed by atoms with E-state index in [1.165, 1.54) is 36.4 Å². The highest BCUT2D eigenvalue weighted by molar-refractivity contribution is 5.96. The second-order valence-electron chi connectivity index (χ2n) is 7.60. The van der Waals surface area contributed by atoms with Crippen LogP contribution in [0.2, 0.25) is 0 Å². The standard InChI is InChI=1S/C26H26O16/c1-15(27)33-11-37-21-9-5-7-19(23(21)39-13-35-17(3)29)25(31)41-42-26(32)20-8-6-10-22(38-12-34-16(2)28)24(20)40-14-36-18(4)30/h5-10H,11-14H2,1-4H3. The Balaban J connectivity index is 2.25. The van der Waals surface area contributed by atoms with Crippen LogP contribution in [-0.4, -0.2) is 63.0 Å².